The zero-order valence-electron chi connectivity index (χ0n) is 11.5. The third-order valence-corrected chi connectivity index (χ3v) is 5.62. The van der Waals surface area contributed by atoms with Gasteiger partial charge in [-0.25, -0.2) is 13.6 Å². The van der Waals surface area contributed by atoms with E-state index in [2.05, 4.69) is 5.32 Å². The fourth-order valence-electron chi connectivity index (χ4n) is 3.70. The molecule has 2 saturated carbocycles. The molecule has 0 heterocycles. The number of nitrogens with two attached hydrogens (primary N) is 2. The first kappa shape index (κ1) is 14.5. The van der Waals surface area contributed by atoms with E-state index >= 15 is 0 Å². The van der Waals surface area contributed by atoms with Crippen LogP contribution in [0.2, 0.25) is 0 Å². The molecule has 6 nitrogen and oxygen atoms in total. The molecule has 114 valence electrons. The minimum absolute atomic E-state index is 0.0162. The maximum absolute atomic E-state index is 12.4. The monoisotopic (exact) mass is 309 g/mol. The number of hydrogen-bond donors (Lipinski definition) is 3. The normalized spacial score (nSPS) is 31.3. The topological polar surface area (TPSA) is 115 Å². The first-order valence-electron chi connectivity index (χ1n) is 7.05. The van der Waals surface area contributed by atoms with E-state index in [4.69, 9.17) is 10.9 Å². The van der Waals surface area contributed by atoms with Gasteiger partial charge in [0.2, 0.25) is 15.9 Å². The molecule has 0 radical (unpaired) electrons. The second-order valence-corrected chi connectivity index (χ2v) is 7.56. The van der Waals surface area contributed by atoms with Crippen molar-refractivity contribution in [1.29, 1.82) is 0 Å². The molecule has 7 heteroatoms. The highest BCUT2D eigenvalue weighted by Crippen LogP contribution is 2.47. The van der Waals surface area contributed by atoms with Gasteiger partial charge < -0.3 is 11.1 Å². The second kappa shape index (κ2) is 5.08. The van der Waals surface area contributed by atoms with E-state index in [0.29, 0.717) is 17.5 Å². The standard InChI is InChI=1S/C14H19N3O3S/c15-13-9-5-4-8(6-9)12(13)14(18)17-10-2-1-3-11(7-10)21(16,19)20/h1-3,7-9,12-13H,4-6,15H2,(H,17,18)(H2,16,19,20). The van der Waals surface area contributed by atoms with Crippen LogP contribution in [0.25, 0.3) is 0 Å². The van der Waals surface area contributed by atoms with Gasteiger partial charge in [0.1, 0.15) is 0 Å². The molecule has 1 aromatic rings. The highest BCUT2D eigenvalue weighted by molar-refractivity contribution is 7.89. The molecule has 2 aliphatic rings. The molecule has 0 aromatic heterocycles. The van der Waals surface area contributed by atoms with Gasteiger partial charge >= 0.3 is 0 Å². The van der Waals surface area contributed by atoms with Gasteiger partial charge in [0, 0.05) is 11.7 Å². The van der Waals surface area contributed by atoms with Crippen molar-refractivity contribution in [3.63, 3.8) is 0 Å². The van der Waals surface area contributed by atoms with Gasteiger partial charge in [-0.3, -0.25) is 4.79 Å². The zero-order chi connectivity index (χ0) is 15.2. The van der Waals surface area contributed by atoms with Crippen LogP contribution in [0.15, 0.2) is 29.2 Å². The zero-order valence-corrected chi connectivity index (χ0v) is 12.3. The van der Waals surface area contributed by atoms with Crippen molar-refractivity contribution in [2.45, 2.75) is 30.2 Å². The predicted molar refractivity (Wildman–Crippen MR) is 78.7 cm³/mol. The van der Waals surface area contributed by atoms with Crippen molar-refractivity contribution in [2.24, 2.45) is 28.6 Å². The second-order valence-electron chi connectivity index (χ2n) is 6.00. The summed E-state index contributed by atoms with van der Waals surface area (Å²) in [7, 11) is -3.78. The molecule has 21 heavy (non-hydrogen) atoms. The molecule has 5 N–H and O–H groups in total. The number of primary sulfonamides is 1. The molecule has 2 aliphatic carbocycles. The smallest absolute Gasteiger partial charge is 0.238 e. The molecule has 1 aromatic carbocycles. The Labute approximate surface area is 123 Å². The van der Waals surface area contributed by atoms with Gasteiger partial charge in [-0.15, -0.1) is 0 Å². The molecule has 0 saturated heterocycles. The summed E-state index contributed by atoms with van der Waals surface area (Å²) in [5, 5.41) is 7.86. The minimum atomic E-state index is -3.78. The van der Waals surface area contributed by atoms with Crippen molar-refractivity contribution in [3.8, 4) is 0 Å². The van der Waals surface area contributed by atoms with E-state index in [1.807, 2.05) is 0 Å². The van der Waals surface area contributed by atoms with Crippen LogP contribution in [0.3, 0.4) is 0 Å². The van der Waals surface area contributed by atoms with Gasteiger partial charge in [0.25, 0.3) is 0 Å². The lowest BCUT2D eigenvalue weighted by molar-refractivity contribution is -0.121. The van der Waals surface area contributed by atoms with Crippen LogP contribution >= 0.6 is 0 Å². The Morgan fingerprint density at radius 1 is 1.24 bits per heavy atom. The van der Waals surface area contributed by atoms with Crippen molar-refractivity contribution in [1.82, 2.24) is 0 Å². The Hall–Kier alpha value is -1.44. The molecule has 3 rings (SSSR count). The van der Waals surface area contributed by atoms with Crippen molar-refractivity contribution in [3.05, 3.63) is 24.3 Å². The third-order valence-electron chi connectivity index (χ3n) is 4.71. The van der Waals surface area contributed by atoms with E-state index in [1.54, 1.807) is 12.1 Å². The fraction of sp³-hybridized carbons (Fsp3) is 0.500. The van der Waals surface area contributed by atoms with Crippen LogP contribution < -0.4 is 16.2 Å². The Balaban J connectivity index is 1.77. The number of sulfonamides is 1. The number of benzene rings is 1. The predicted octanol–water partition coefficient (Wildman–Crippen LogP) is 0.646. The van der Waals surface area contributed by atoms with Crippen LogP contribution in [0.1, 0.15) is 19.3 Å². The first-order chi connectivity index (χ1) is 9.86. The van der Waals surface area contributed by atoms with Crippen LogP contribution in [0, 0.1) is 17.8 Å². The summed E-state index contributed by atoms with van der Waals surface area (Å²) in [6.07, 6.45) is 3.18. The number of amides is 1. The summed E-state index contributed by atoms with van der Waals surface area (Å²) in [4.78, 5) is 12.4. The van der Waals surface area contributed by atoms with Gasteiger partial charge in [0.05, 0.1) is 10.8 Å². The molecular formula is C14H19N3O3S. The van der Waals surface area contributed by atoms with Crippen molar-refractivity contribution < 1.29 is 13.2 Å². The van der Waals surface area contributed by atoms with Gasteiger partial charge in [-0.1, -0.05) is 6.07 Å². The van der Waals surface area contributed by atoms with Crippen molar-refractivity contribution >= 4 is 21.6 Å². The summed E-state index contributed by atoms with van der Waals surface area (Å²) in [6.45, 7) is 0. The number of carbonyl (C=O) groups excluding carboxylic acids is 1. The van der Waals surface area contributed by atoms with E-state index < -0.39 is 10.0 Å². The van der Waals surface area contributed by atoms with Gasteiger partial charge in [-0.2, -0.15) is 0 Å². The lowest BCUT2D eigenvalue weighted by Crippen LogP contribution is -2.42. The molecule has 4 unspecified atom stereocenters. The molecule has 2 bridgehead atoms. The highest BCUT2D eigenvalue weighted by Gasteiger charge is 2.49. The fourth-order valence-corrected chi connectivity index (χ4v) is 4.26. The van der Waals surface area contributed by atoms with E-state index in [9.17, 15) is 13.2 Å². The lowest BCUT2D eigenvalue weighted by atomic mass is 9.84. The lowest BCUT2D eigenvalue weighted by Gasteiger charge is -2.27. The molecular weight excluding hydrogens is 290 g/mol. The number of rotatable bonds is 3. The summed E-state index contributed by atoms with van der Waals surface area (Å²) < 4.78 is 22.7. The minimum Gasteiger partial charge on any atom is -0.327 e. The number of anilines is 1. The number of nitrogens with one attached hydrogen (secondary N) is 1. The average Bonchev–Trinajstić information content (AvgIpc) is 2.98. The largest absolute Gasteiger partial charge is 0.327 e. The van der Waals surface area contributed by atoms with Gasteiger partial charge in [0.15, 0.2) is 0 Å². The maximum Gasteiger partial charge on any atom is 0.238 e. The average molecular weight is 309 g/mol. The van der Waals surface area contributed by atoms with Crippen LogP contribution in [0.5, 0.6) is 0 Å². The third kappa shape index (κ3) is 2.68. The Morgan fingerprint density at radius 2 is 1.95 bits per heavy atom. The Kier molecular flexibility index (Phi) is 3.51. The first-order valence-corrected chi connectivity index (χ1v) is 8.60. The highest BCUT2D eigenvalue weighted by atomic mass is 32.2. The van der Waals surface area contributed by atoms with Crippen LogP contribution in [0.4, 0.5) is 5.69 Å². The molecule has 2 fully saturated rings. The van der Waals surface area contributed by atoms with E-state index in [0.717, 1.165) is 19.3 Å². The molecule has 1 amide bonds. The molecule has 0 spiro atoms. The van der Waals surface area contributed by atoms with Gasteiger partial charge in [-0.05, 0) is 49.3 Å². The quantitative estimate of drug-likeness (QED) is 0.760. The maximum atomic E-state index is 12.4. The summed E-state index contributed by atoms with van der Waals surface area (Å²) in [6, 6.07) is 5.87. The number of hydrogen-bond acceptors (Lipinski definition) is 4. The van der Waals surface area contributed by atoms with Crippen molar-refractivity contribution in [2.75, 3.05) is 5.32 Å². The van der Waals surface area contributed by atoms with Crippen LogP contribution in [-0.4, -0.2) is 20.4 Å². The summed E-state index contributed by atoms with van der Waals surface area (Å²) in [5.74, 6) is 0.496. The number of carbonyl (C=O) groups is 1. The molecule has 4 atom stereocenters. The Bertz CT molecular complexity index is 672. The Morgan fingerprint density at radius 3 is 2.57 bits per heavy atom. The van der Waals surface area contributed by atoms with E-state index in [-0.39, 0.29) is 22.8 Å². The SMILES string of the molecule is NC1C2CCC(C2)C1C(=O)Nc1cccc(S(N)(=O)=O)c1. The number of fused-ring (bicyclic) bond motifs is 2. The summed E-state index contributed by atoms with van der Waals surface area (Å²) in [5.41, 5.74) is 6.57. The summed E-state index contributed by atoms with van der Waals surface area (Å²) >= 11 is 0. The molecule has 0 aliphatic heterocycles. The van der Waals surface area contributed by atoms with Crippen LogP contribution in [-0.2, 0) is 14.8 Å². The van der Waals surface area contributed by atoms with E-state index in [1.165, 1.54) is 12.1 Å².